The lowest BCUT2D eigenvalue weighted by atomic mass is 10.3. The van der Waals surface area contributed by atoms with Gasteiger partial charge in [0.15, 0.2) is 5.75 Å². The first kappa shape index (κ1) is 12.0. The third-order valence-electron chi connectivity index (χ3n) is 2.90. The average Bonchev–Trinajstić information content (AvgIpc) is 2.90. The molecule has 1 aromatic heterocycles. The maximum Gasteiger partial charge on any atom is 0.350 e. The minimum absolute atomic E-state index is 0.347. The van der Waals surface area contributed by atoms with E-state index in [-0.39, 0.29) is 0 Å². The number of hydrogen-bond acceptors (Lipinski definition) is 6. The van der Waals surface area contributed by atoms with Crippen molar-refractivity contribution in [2.75, 3.05) is 25.3 Å². The minimum atomic E-state index is -0.428. The lowest BCUT2D eigenvalue weighted by Crippen LogP contribution is -2.03. The molecule has 1 heterocycles. The van der Waals surface area contributed by atoms with Crippen LogP contribution in [0.1, 0.15) is 23.0 Å². The molecule has 0 spiro atoms. The topological polar surface area (TPSA) is 73.6 Å². The van der Waals surface area contributed by atoms with Crippen LogP contribution in [0.2, 0.25) is 0 Å². The van der Waals surface area contributed by atoms with Gasteiger partial charge in [0.1, 0.15) is 15.6 Å². The summed E-state index contributed by atoms with van der Waals surface area (Å²) in [5.74, 6) is 0.766. The molecule has 1 fully saturated rings. The molecule has 94 valence electrons. The van der Waals surface area contributed by atoms with E-state index < -0.39 is 5.97 Å². The van der Waals surface area contributed by atoms with Gasteiger partial charge < -0.3 is 20.5 Å². The Morgan fingerprint density at radius 1 is 1.53 bits per heavy atom. The number of nitrogen functional groups attached to an aromatic ring is 1. The molecule has 2 atom stereocenters. The Labute approximate surface area is 104 Å². The van der Waals surface area contributed by atoms with E-state index in [0.29, 0.717) is 28.3 Å². The van der Waals surface area contributed by atoms with E-state index in [9.17, 15) is 4.79 Å². The predicted molar refractivity (Wildman–Crippen MR) is 67.8 cm³/mol. The van der Waals surface area contributed by atoms with Crippen molar-refractivity contribution < 1.29 is 14.3 Å². The van der Waals surface area contributed by atoms with Crippen LogP contribution in [0.4, 0.5) is 10.7 Å². The quantitative estimate of drug-likeness (QED) is 0.805. The Bertz CT molecular complexity index is 444. The molecule has 1 aliphatic carbocycles. The van der Waals surface area contributed by atoms with Crippen molar-refractivity contribution in [3.8, 4) is 5.75 Å². The van der Waals surface area contributed by atoms with Crippen molar-refractivity contribution in [1.82, 2.24) is 0 Å². The second-order valence-corrected chi connectivity index (χ2v) is 5.18. The number of rotatable bonds is 4. The van der Waals surface area contributed by atoms with Gasteiger partial charge in [-0.25, -0.2) is 4.79 Å². The van der Waals surface area contributed by atoms with Crippen LogP contribution in [0, 0.1) is 5.92 Å². The zero-order chi connectivity index (χ0) is 12.6. The number of carbonyl (C=O) groups is 1. The smallest absolute Gasteiger partial charge is 0.350 e. The first-order chi connectivity index (χ1) is 8.08. The summed E-state index contributed by atoms with van der Waals surface area (Å²) in [5, 5.41) is 4.14. The summed E-state index contributed by atoms with van der Waals surface area (Å²) in [6.07, 6.45) is 1.13. The summed E-state index contributed by atoms with van der Waals surface area (Å²) in [4.78, 5) is 11.9. The number of methoxy groups -OCH3 is 2. The van der Waals surface area contributed by atoms with Gasteiger partial charge in [-0.05, 0) is 12.3 Å². The molecule has 1 saturated carbocycles. The molecule has 2 unspecified atom stereocenters. The molecule has 1 aliphatic rings. The fraction of sp³-hybridized carbons (Fsp3) is 0.545. The second kappa shape index (κ2) is 4.44. The predicted octanol–water partition coefficient (Wildman–Crippen LogP) is 1.95. The molecule has 17 heavy (non-hydrogen) atoms. The van der Waals surface area contributed by atoms with Crippen molar-refractivity contribution in [3.05, 3.63) is 4.88 Å². The lowest BCUT2D eigenvalue weighted by molar-refractivity contribution is 0.0607. The van der Waals surface area contributed by atoms with Gasteiger partial charge >= 0.3 is 5.97 Å². The number of ether oxygens (including phenoxy) is 2. The molecule has 0 aliphatic heterocycles. The average molecular weight is 256 g/mol. The van der Waals surface area contributed by atoms with Crippen molar-refractivity contribution in [3.63, 3.8) is 0 Å². The first-order valence-electron chi connectivity index (χ1n) is 5.39. The van der Waals surface area contributed by atoms with E-state index in [4.69, 9.17) is 10.5 Å². The van der Waals surface area contributed by atoms with Gasteiger partial charge in [-0.2, -0.15) is 0 Å². The highest BCUT2D eigenvalue weighted by atomic mass is 32.1. The van der Waals surface area contributed by atoms with Crippen LogP contribution >= 0.6 is 11.3 Å². The summed E-state index contributed by atoms with van der Waals surface area (Å²) < 4.78 is 9.91. The number of nitrogens with one attached hydrogen (secondary N) is 1. The Hall–Kier alpha value is -1.43. The molecule has 2 rings (SSSR count). The van der Waals surface area contributed by atoms with Gasteiger partial charge in [0.25, 0.3) is 0 Å². The summed E-state index contributed by atoms with van der Waals surface area (Å²) in [5.41, 5.74) is 6.21. The van der Waals surface area contributed by atoms with Gasteiger partial charge in [-0.3, -0.25) is 0 Å². The number of nitrogens with two attached hydrogens (primary N) is 1. The van der Waals surface area contributed by atoms with Crippen LogP contribution < -0.4 is 15.8 Å². The van der Waals surface area contributed by atoms with Crippen LogP contribution in [0.5, 0.6) is 5.75 Å². The fourth-order valence-electron chi connectivity index (χ4n) is 1.66. The number of anilines is 2. The van der Waals surface area contributed by atoms with Crippen LogP contribution in [0.25, 0.3) is 0 Å². The highest BCUT2D eigenvalue weighted by Crippen LogP contribution is 2.45. The fourth-order valence-corrected chi connectivity index (χ4v) is 2.73. The molecule has 0 saturated heterocycles. The van der Waals surface area contributed by atoms with E-state index in [1.54, 1.807) is 7.11 Å². The van der Waals surface area contributed by atoms with E-state index >= 15 is 0 Å². The van der Waals surface area contributed by atoms with Gasteiger partial charge in [0, 0.05) is 6.04 Å². The van der Waals surface area contributed by atoms with E-state index in [1.165, 1.54) is 18.4 Å². The Balaban J connectivity index is 2.27. The van der Waals surface area contributed by atoms with Crippen LogP contribution in [-0.2, 0) is 4.74 Å². The summed E-state index contributed by atoms with van der Waals surface area (Å²) in [6.45, 7) is 2.17. The zero-order valence-electron chi connectivity index (χ0n) is 10.1. The summed E-state index contributed by atoms with van der Waals surface area (Å²) >= 11 is 1.28. The van der Waals surface area contributed by atoms with E-state index in [2.05, 4.69) is 17.0 Å². The third-order valence-corrected chi connectivity index (χ3v) is 4.00. The van der Waals surface area contributed by atoms with Crippen molar-refractivity contribution in [2.45, 2.75) is 19.4 Å². The van der Waals surface area contributed by atoms with Gasteiger partial charge in [0.2, 0.25) is 0 Å². The van der Waals surface area contributed by atoms with E-state index in [0.717, 1.165) is 11.4 Å². The molecule has 0 amide bonds. The van der Waals surface area contributed by atoms with Crippen LogP contribution in [-0.4, -0.2) is 26.2 Å². The van der Waals surface area contributed by atoms with Crippen LogP contribution in [0.3, 0.4) is 0 Å². The van der Waals surface area contributed by atoms with E-state index in [1.807, 2.05) is 0 Å². The Morgan fingerprint density at radius 2 is 2.18 bits per heavy atom. The number of esters is 1. The highest BCUT2D eigenvalue weighted by molar-refractivity contribution is 7.19. The molecular formula is C11H16N2O3S. The normalized spacial score (nSPS) is 22.1. The Morgan fingerprint density at radius 3 is 2.65 bits per heavy atom. The maximum absolute atomic E-state index is 11.5. The van der Waals surface area contributed by atoms with Crippen molar-refractivity contribution in [1.29, 1.82) is 0 Å². The van der Waals surface area contributed by atoms with Gasteiger partial charge in [0.05, 0.1) is 14.2 Å². The highest BCUT2D eigenvalue weighted by Gasteiger charge is 2.34. The molecule has 1 aromatic rings. The number of hydrogen-bond donors (Lipinski definition) is 2. The van der Waals surface area contributed by atoms with Crippen molar-refractivity contribution >= 4 is 28.0 Å². The number of thiophene rings is 1. The Kier molecular flexibility index (Phi) is 3.15. The molecule has 5 nitrogen and oxygen atoms in total. The second-order valence-electron chi connectivity index (χ2n) is 4.16. The molecule has 3 N–H and O–H groups in total. The first-order valence-corrected chi connectivity index (χ1v) is 6.21. The number of carbonyl (C=O) groups excluding carboxylic acids is 1. The molecule has 0 aromatic carbocycles. The van der Waals surface area contributed by atoms with Crippen molar-refractivity contribution in [2.24, 2.45) is 5.92 Å². The minimum Gasteiger partial charge on any atom is -0.492 e. The lowest BCUT2D eigenvalue weighted by Gasteiger charge is -2.05. The van der Waals surface area contributed by atoms with Gasteiger partial charge in [-0.15, -0.1) is 11.3 Å². The van der Waals surface area contributed by atoms with Crippen LogP contribution in [0.15, 0.2) is 0 Å². The monoisotopic (exact) mass is 256 g/mol. The standard InChI is InChI=1S/C11H16N2O3S/c1-5-4-6(5)13-10-8(15-2)7(12)9(17-10)11(14)16-3/h5-6,13H,4,12H2,1-3H3. The van der Waals surface area contributed by atoms with Gasteiger partial charge in [-0.1, -0.05) is 6.92 Å². The summed E-state index contributed by atoms with van der Waals surface area (Å²) in [7, 11) is 2.88. The third kappa shape index (κ3) is 2.17. The summed E-state index contributed by atoms with van der Waals surface area (Å²) in [6, 6.07) is 0.451. The molecule has 0 bridgehead atoms. The SMILES string of the molecule is COC(=O)c1sc(NC2CC2C)c(OC)c1N. The zero-order valence-corrected chi connectivity index (χ0v) is 10.9. The molecule has 6 heteroatoms. The maximum atomic E-state index is 11.5. The largest absolute Gasteiger partial charge is 0.492 e. The molecular weight excluding hydrogens is 240 g/mol. The molecule has 0 radical (unpaired) electrons.